The monoisotopic (exact) mass is 143 g/mol. The van der Waals surface area contributed by atoms with Crippen molar-refractivity contribution in [2.45, 2.75) is 6.42 Å². The summed E-state index contributed by atoms with van der Waals surface area (Å²) in [5.41, 5.74) is 2.00. The summed E-state index contributed by atoms with van der Waals surface area (Å²) >= 11 is 0. The first-order chi connectivity index (χ1) is 4.74. The van der Waals surface area contributed by atoms with E-state index in [0.29, 0.717) is 6.54 Å². The van der Waals surface area contributed by atoms with Crippen molar-refractivity contribution in [1.29, 1.82) is 0 Å². The molecule has 1 atom stereocenters. The van der Waals surface area contributed by atoms with Gasteiger partial charge in [0, 0.05) is 13.0 Å². The second-order valence-electron chi connectivity index (χ2n) is 2.21. The number of hydrogen-bond acceptors (Lipinski definition) is 3. The van der Waals surface area contributed by atoms with Crippen LogP contribution in [0, 0.1) is 5.92 Å². The Kier molecular flexibility index (Phi) is 1.86. The van der Waals surface area contributed by atoms with Gasteiger partial charge in [-0.15, -0.1) is 0 Å². The van der Waals surface area contributed by atoms with Gasteiger partial charge >= 0.3 is 0 Å². The molecule has 0 aromatic carbocycles. The molecule has 5 nitrogen and oxygen atoms in total. The van der Waals surface area contributed by atoms with Gasteiger partial charge in [0.2, 0.25) is 11.8 Å². The fourth-order valence-corrected chi connectivity index (χ4v) is 0.908. The molecule has 0 bridgehead atoms. The molecule has 0 aromatic rings. The smallest absolute Gasteiger partial charge is 0.239 e. The molecule has 0 radical (unpaired) electrons. The van der Waals surface area contributed by atoms with Gasteiger partial charge < -0.3 is 5.32 Å². The number of rotatable bonds is 1. The van der Waals surface area contributed by atoms with Gasteiger partial charge in [-0.2, -0.15) is 0 Å². The van der Waals surface area contributed by atoms with Crippen LogP contribution in [0.5, 0.6) is 0 Å². The highest BCUT2D eigenvalue weighted by molar-refractivity contribution is 5.88. The summed E-state index contributed by atoms with van der Waals surface area (Å²) in [6, 6.07) is 0. The number of hydrogen-bond donors (Lipinski definition) is 3. The summed E-state index contributed by atoms with van der Waals surface area (Å²) in [6.45, 7) is 0.405. The second kappa shape index (κ2) is 2.66. The lowest BCUT2D eigenvalue weighted by molar-refractivity contribution is -0.126. The Bertz CT molecular complexity index is 168. The average Bonchev–Trinajstić information content (AvgIpc) is 2.34. The molecule has 0 unspecified atom stereocenters. The highest BCUT2D eigenvalue weighted by Crippen LogP contribution is 2.07. The summed E-state index contributed by atoms with van der Waals surface area (Å²) in [5, 5.41) is 2.53. The summed E-state index contributed by atoms with van der Waals surface area (Å²) < 4.78 is 0. The minimum absolute atomic E-state index is 0.0893. The number of amides is 2. The lowest BCUT2D eigenvalue weighted by atomic mass is 10.1. The van der Waals surface area contributed by atoms with Crippen molar-refractivity contribution < 1.29 is 9.59 Å². The van der Waals surface area contributed by atoms with E-state index in [0.717, 1.165) is 0 Å². The van der Waals surface area contributed by atoms with Gasteiger partial charge in [-0.05, 0) is 0 Å². The van der Waals surface area contributed by atoms with Gasteiger partial charge in [-0.25, -0.2) is 5.84 Å². The van der Waals surface area contributed by atoms with Gasteiger partial charge in [-0.3, -0.25) is 15.0 Å². The van der Waals surface area contributed by atoms with Crippen LogP contribution in [0.25, 0.3) is 0 Å². The third-order valence-electron chi connectivity index (χ3n) is 1.49. The van der Waals surface area contributed by atoms with E-state index in [9.17, 15) is 9.59 Å². The normalized spacial score (nSPS) is 24.1. The number of carbonyl (C=O) groups is 2. The van der Waals surface area contributed by atoms with Crippen LogP contribution in [0.1, 0.15) is 6.42 Å². The summed E-state index contributed by atoms with van der Waals surface area (Å²) in [7, 11) is 0. The first-order valence-electron chi connectivity index (χ1n) is 3.01. The molecule has 0 saturated carbocycles. The molecule has 2 amide bonds. The summed E-state index contributed by atoms with van der Waals surface area (Å²) in [5.74, 6) is 4.21. The molecule has 10 heavy (non-hydrogen) atoms. The van der Waals surface area contributed by atoms with Crippen LogP contribution in [0.15, 0.2) is 0 Å². The Hall–Kier alpha value is -1.10. The van der Waals surface area contributed by atoms with Crippen molar-refractivity contribution in [2.75, 3.05) is 6.54 Å². The van der Waals surface area contributed by atoms with Gasteiger partial charge in [0.15, 0.2) is 0 Å². The van der Waals surface area contributed by atoms with Crippen molar-refractivity contribution in [3.63, 3.8) is 0 Å². The van der Waals surface area contributed by atoms with Crippen molar-refractivity contribution >= 4 is 11.8 Å². The van der Waals surface area contributed by atoms with Crippen LogP contribution >= 0.6 is 0 Å². The van der Waals surface area contributed by atoms with E-state index >= 15 is 0 Å². The van der Waals surface area contributed by atoms with Crippen LogP contribution in [-0.2, 0) is 9.59 Å². The third kappa shape index (κ3) is 1.24. The van der Waals surface area contributed by atoms with Crippen LogP contribution < -0.4 is 16.6 Å². The van der Waals surface area contributed by atoms with E-state index in [4.69, 9.17) is 5.84 Å². The second-order valence-corrected chi connectivity index (χ2v) is 2.21. The van der Waals surface area contributed by atoms with Crippen LogP contribution in [0.3, 0.4) is 0 Å². The zero-order chi connectivity index (χ0) is 7.56. The van der Waals surface area contributed by atoms with Crippen LogP contribution in [0.2, 0.25) is 0 Å². The molecule has 1 aliphatic heterocycles. The average molecular weight is 143 g/mol. The molecule has 0 aromatic heterocycles. The Morgan fingerprint density at radius 3 is 2.90 bits per heavy atom. The first-order valence-corrected chi connectivity index (χ1v) is 3.01. The van der Waals surface area contributed by atoms with Crippen LogP contribution in [-0.4, -0.2) is 18.4 Å². The van der Waals surface area contributed by atoms with E-state index in [2.05, 4.69) is 5.32 Å². The van der Waals surface area contributed by atoms with Crippen molar-refractivity contribution in [3.05, 3.63) is 0 Å². The van der Waals surface area contributed by atoms with Gasteiger partial charge in [0.05, 0.1) is 5.92 Å². The molecule has 1 aliphatic rings. The lowest BCUT2D eigenvalue weighted by Gasteiger charge is -2.02. The SMILES string of the molecule is NNC(=O)[C@H]1CNC(=O)C1. The van der Waals surface area contributed by atoms with Crippen LogP contribution in [0.4, 0.5) is 0 Å². The molecule has 1 saturated heterocycles. The topological polar surface area (TPSA) is 84.2 Å². The van der Waals surface area contributed by atoms with E-state index in [-0.39, 0.29) is 24.2 Å². The summed E-state index contributed by atoms with van der Waals surface area (Å²) in [4.78, 5) is 21.3. The van der Waals surface area contributed by atoms with Crippen molar-refractivity contribution in [2.24, 2.45) is 11.8 Å². The Morgan fingerprint density at radius 2 is 2.50 bits per heavy atom. The van der Waals surface area contributed by atoms with E-state index in [1.54, 1.807) is 0 Å². The molecular formula is C5H9N3O2. The molecular weight excluding hydrogens is 134 g/mol. The number of carbonyl (C=O) groups excluding carboxylic acids is 2. The van der Waals surface area contributed by atoms with Gasteiger partial charge in [-0.1, -0.05) is 0 Å². The maximum absolute atomic E-state index is 10.7. The third-order valence-corrected chi connectivity index (χ3v) is 1.49. The summed E-state index contributed by atoms with van der Waals surface area (Å²) in [6.07, 6.45) is 0.253. The molecule has 1 fully saturated rings. The molecule has 0 spiro atoms. The highest BCUT2D eigenvalue weighted by atomic mass is 16.2. The molecule has 56 valence electrons. The predicted octanol–water partition coefficient (Wildman–Crippen LogP) is -1.89. The highest BCUT2D eigenvalue weighted by Gasteiger charge is 2.26. The Balaban J connectivity index is 2.44. The number of nitrogens with one attached hydrogen (secondary N) is 2. The predicted molar refractivity (Wildman–Crippen MR) is 33.4 cm³/mol. The number of hydrazine groups is 1. The van der Waals surface area contributed by atoms with Gasteiger partial charge in [0.1, 0.15) is 0 Å². The maximum atomic E-state index is 10.7. The zero-order valence-corrected chi connectivity index (χ0v) is 5.39. The first kappa shape index (κ1) is 7.01. The fraction of sp³-hybridized carbons (Fsp3) is 0.600. The quantitative estimate of drug-likeness (QED) is 0.228. The molecule has 0 aliphatic carbocycles. The minimum Gasteiger partial charge on any atom is -0.355 e. The number of nitrogens with two attached hydrogens (primary N) is 1. The van der Waals surface area contributed by atoms with Crippen molar-refractivity contribution in [1.82, 2.24) is 10.7 Å². The van der Waals surface area contributed by atoms with Gasteiger partial charge in [0.25, 0.3) is 0 Å². The maximum Gasteiger partial charge on any atom is 0.239 e. The molecule has 1 heterocycles. The minimum atomic E-state index is -0.280. The van der Waals surface area contributed by atoms with E-state index in [1.165, 1.54) is 0 Å². The van der Waals surface area contributed by atoms with Crippen molar-refractivity contribution in [3.8, 4) is 0 Å². The van der Waals surface area contributed by atoms with E-state index in [1.807, 2.05) is 5.43 Å². The fourth-order valence-electron chi connectivity index (χ4n) is 0.908. The lowest BCUT2D eigenvalue weighted by Crippen LogP contribution is -2.36. The molecule has 5 heteroatoms. The standard InChI is InChI=1S/C5H9N3O2/c6-8-5(10)3-1-4(9)7-2-3/h3H,1-2,6H2,(H,7,9)(H,8,10)/t3-/m1/s1. The molecule has 4 N–H and O–H groups in total. The van der Waals surface area contributed by atoms with E-state index < -0.39 is 0 Å². The largest absolute Gasteiger partial charge is 0.355 e. The Morgan fingerprint density at radius 1 is 1.80 bits per heavy atom. The zero-order valence-electron chi connectivity index (χ0n) is 5.39. The molecule has 1 rings (SSSR count). The Labute approximate surface area is 57.9 Å².